The third-order valence-corrected chi connectivity index (χ3v) is 4.59. The molecular formula is C21H22BrN3O3. The normalized spacial score (nSPS) is 11.9. The molecular weight excluding hydrogens is 422 g/mol. The van der Waals surface area contributed by atoms with E-state index in [2.05, 4.69) is 37.5 Å². The van der Waals surface area contributed by atoms with Crippen LogP contribution in [0.5, 0.6) is 5.75 Å². The van der Waals surface area contributed by atoms with Crippen LogP contribution >= 0.6 is 15.9 Å². The number of aromatic nitrogens is 2. The second-order valence-electron chi connectivity index (χ2n) is 6.58. The molecule has 28 heavy (non-hydrogen) atoms. The lowest BCUT2D eigenvalue weighted by Crippen LogP contribution is -2.37. The van der Waals surface area contributed by atoms with E-state index in [1.54, 1.807) is 0 Å². The van der Waals surface area contributed by atoms with E-state index in [1.807, 2.05) is 57.2 Å². The third-order valence-electron chi connectivity index (χ3n) is 4.10. The first-order valence-electron chi connectivity index (χ1n) is 9.06. The van der Waals surface area contributed by atoms with Crippen molar-refractivity contribution < 1.29 is 14.1 Å². The van der Waals surface area contributed by atoms with Gasteiger partial charge in [0.25, 0.3) is 5.91 Å². The second-order valence-corrected chi connectivity index (χ2v) is 7.49. The second kappa shape index (κ2) is 9.01. The summed E-state index contributed by atoms with van der Waals surface area (Å²) >= 11 is 3.42. The van der Waals surface area contributed by atoms with Gasteiger partial charge in [-0.2, -0.15) is 4.98 Å². The molecule has 146 valence electrons. The molecule has 1 amide bonds. The Bertz CT molecular complexity index is 951. The SMILES string of the molecule is CCC(Oc1cc(C)cc(C)c1)C(=O)NCc1nc(-c2cccc(Br)c2)no1. The third kappa shape index (κ3) is 5.19. The summed E-state index contributed by atoms with van der Waals surface area (Å²) in [5.41, 5.74) is 3.02. The van der Waals surface area contributed by atoms with Gasteiger partial charge in [-0.3, -0.25) is 4.79 Å². The van der Waals surface area contributed by atoms with Gasteiger partial charge in [-0.05, 0) is 55.7 Å². The van der Waals surface area contributed by atoms with Gasteiger partial charge in [-0.15, -0.1) is 0 Å². The maximum absolute atomic E-state index is 12.5. The van der Waals surface area contributed by atoms with Gasteiger partial charge in [-0.1, -0.05) is 46.2 Å². The number of rotatable bonds is 7. The molecule has 0 radical (unpaired) electrons. The van der Waals surface area contributed by atoms with Crippen LogP contribution in [0.15, 0.2) is 51.5 Å². The smallest absolute Gasteiger partial charge is 0.261 e. The molecule has 0 aliphatic heterocycles. The first-order valence-corrected chi connectivity index (χ1v) is 9.85. The van der Waals surface area contributed by atoms with Crippen molar-refractivity contribution in [2.75, 3.05) is 0 Å². The minimum Gasteiger partial charge on any atom is -0.481 e. The van der Waals surface area contributed by atoms with Gasteiger partial charge in [0.2, 0.25) is 11.7 Å². The van der Waals surface area contributed by atoms with E-state index < -0.39 is 6.10 Å². The number of benzene rings is 2. The fourth-order valence-corrected chi connectivity index (χ4v) is 3.23. The Labute approximate surface area is 172 Å². The lowest BCUT2D eigenvalue weighted by Gasteiger charge is -2.17. The summed E-state index contributed by atoms with van der Waals surface area (Å²) in [5, 5.41) is 6.77. The van der Waals surface area contributed by atoms with Gasteiger partial charge in [0, 0.05) is 10.0 Å². The molecule has 0 saturated heterocycles. The minimum absolute atomic E-state index is 0.145. The number of nitrogens with one attached hydrogen (secondary N) is 1. The molecule has 1 unspecified atom stereocenters. The van der Waals surface area contributed by atoms with E-state index >= 15 is 0 Å². The van der Waals surface area contributed by atoms with Crippen LogP contribution in [0.25, 0.3) is 11.4 Å². The number of halogens is 1. The van der Waals surface area contributed by atoms with Crippen molar-refractivity contribution >= 4 is 21.8 Å². The quantitative estimate of drug-likeness (QED) is 0.577. The van der Waals surface area contributed by atoms with Crippen LogP contribution in [-0.2, 0) is 11.3 Å². The maximum atomic E-state index is 12.5. The summed E-state index contributed by atoms with van der Waals surface area (Å²) in [7, 11) is 0. The van der Waals surface area contributed by atoms with Crippen LogP contribution < -0.4 is 10.1 Å². The predicted octanol–water partition coefficient (Wildman–Crippen LogP) is 4.59. The zero-order valence-electron chi connectivity index (χ0n) is 16.0. The molecule has 1 N–H and O–H groups in total. The number of hydrogen-bond donors (Lipinski definition) is 1. The first-order chi connectivity index (χ1) is 13.4. The Hall–Kier alpha value is -2.67. The molecule has 3 aromatic rings. The van der Waals surface area contributed by atoms with Crippen LogP contribution in [-0.4, -0.2) is 22.2 Å². The summed E-state index contributed by atoms with van der Waals surface area (Å²) in [5.74, 6) is 1.28. The number of hydrogen-bond acceptors (Lipinski definition) is 5. The lowest BCUT2D eigenvalue weighted by atomic mass is 10.1. The van der Waals surface area contributed by atoms with Crippen molar-refractivity contribution in [1.82, 2.24) is 15.5 Å². The average Bonchev–Trinajstić information content (AvgIpc) is 3.12. The van der Waals surface area contributed by atoms with Gasteiger partial charge in [0.1, 0.15) is 5.75 Å². The number of nitrogens with zero attached hydrogens (tertiary/aromatic N) is 2. The van der Waals surface area contributed by atoms with E-state index in [-0.39, 0.29) is 12.5 Å². The zero-order valence-corrected chi connectivity index (χ0v) is 17.6. The van der Waals surface area contributed by atoms with Crippen LogP contribution in [0.3, 0.4) is 0 Å². The molecule has 1 atom stereocenters. The van der Waals surface area contributed by atoms with Gasteiger partial charge >= 0.3 is 0 Å². The Morgan fingerprint density at radius 1 is 1.21 bits per heavy atom. The largest absolute Gasteiger partial charge is 0.481 e. The summed E-state index contributed by atoms with van der Waals surface area (Å²) in [6, 6.07) is 13.5. The number of ether oxygens (including phenoxy) is 1. The molecule has 0 fully saturated rings. The highest BCUT2D eigenvalue weighted by Crippen LogP contribution is 2.21. The number of carbonyl (C=O) groups excluding carboxylic acids is 1. The molecule has 0 saturated carbocycles. The van der Waals surface area contributed by atoms with Crippen molar-refractivity contribution in [1.29, 1.82) is 0 Å². The van der Waals surface area contributed by atoms with E-state index in [0.717, 1.165) is 21.2 Å². The average molecular weight is 444 g/mol. The van der Waals surface area contributed by atoms with Gasteiger partial charge in [-0.25, -0.2) is 0 Å². The molecule has 2 aromatic carbocycles. The van der Waals surface area contributed by atoms with Gasteiger partial charge in [0.05, 0.1) is 6.54 Å². The highest BCUT2D eigenvalue weighted by atomic mass is 79.9. The summed E-state index contributed by atoms with van der Waals surface area (Å²) in [6.07, 6.45) is -0.0416. The van der Waals surface area contributed by atoms with Crippen molar-refractivity contribution in [2.24, 2.45) is 0 Å². The number of aryl methyl sites for hydroxylation is 2. The summed E-state index contributed by atoms with van der Waals surface area (Å²) in [6.45, 7) is 6.05. The molecule has 7 heteroatoms. The van der Waals surface area contributed by atoms with Crippen LogP contribution in [0.2, 0.25) is 0 Å². The van der Waals surface area contributed by atoms with Crippen LogP contribution in [0.1, 0.15) is 30.4 Å². The molecule has 0 spiro atoms. The lowest BCUT2D eigenvalue weighted by molar-refractivity contribution is -0.128. The number of amides is 1. The topological polar surface area (TPSA) is 77.2 Å². The highest BCUT2D eigenvalue weighted by Gasteiger charge is 2.19. The van der Waals surface area contributed by atoms with Crippen molar-refractivity contribution in [2.45, 2.75) is 39.8 Å². The standard InChI is InChI=1S/C21H22BrN3O3/c1-4-18(27-17-9-13(2)8-14(3)10-17)21(26)23-12-19-24-20(25-28-19)15-6-5-7-16(22)11-15/h5-11,18H,4,12H2,1-3H3,(H,23,26). The van der Waals surface area contributed by atoms with E-state index in [4.69, 9.17) is 9.26 Å². The summed E-state index contributed by atoms with van der Waals surface area (Å²) in [4.78, 5) is 16.8. The molecule has 6 nitrogen and oxygen atoms in total. The monoisotopic (exact) mass is 443 g/mol. The van der Waals surface area contributed by atoms with Crippen LogP contribution in [0.4, 0.5) is 0 Å². The van der Waals surface area contributed by atoms with E-state index in [9.17, 15) is 4.79 Å². The number of carbonyl (C=O) groups is 1. The molecule has 0 aliphatic rings. The van der Waals surface area contributed by atoms with Crippen LogP contribution in [0, 0.1) is 13.8 Å². The van der Waals surface area contributed by atoms with E-state index in [0.29, 0.717) is 23.9 Å². The van der Waals surface area contributed by atoms with Gasteiger partial charge in [0.15, 0.2) is 6.10 Å². The van der Waals surface area contributed by atoms with Gasteiger partial charge < -0.3 is 14.6 Å². The highest BCUT2D eigenvalue weighted by molar-refractivity contribution is 9.10. The molecule has 3 rings (SSSR count). The predicted molar refractivity (Wildman–Crippen MR) is 110 cm³/mol. The molecule has 1 aromatic heterocycles. The Morgan fingerprint density at radius 2 is 1.96 bits per heavy atom. The Morgan fingerprint density at radius 3 is 2.64 bits per heavy atom. The van der Waals surface area contributed by atoms with Crippen molar-refractivity contribution in [3.05, 3.63) is 64.0 Å². The van der Waals surface area contributed by atoms with E-state index in [1.165, 1.54) is 0 Å². The van der Waals surface area contributed by atoms with Crippen molar-refractivity contribution in [3.8, 4) is 17.1 Å². The minimum atomic E-state index is -0.589. The molecule has 0 aliphatic carbocycles. The molecule has 1 heterocycles. The Balaban J connectivity index is 1.61. The fraction of sp³-hybridized carbons (Fsp3) is 0.286. The van der Waals surface area contributed by atoms with Crippen molar-refractivity contribution in [3.63, 3.8) is 0 Å². The molecule has 0 bridgehead atoms. The fourth-order valence-electron chi connectivity index (χ4n) is 2.84. The Kier molecular flexibility index (Phi) is 6.46. The zero-order chi connectivity index (χ0) is 20.1. The maximum Gasteiger partial charge on any atom is 0.261 e. The first kappa shape index (κ1) is 20.1. The summed E-state index contributed by atoms with van der Waals surface area (Å²) < 4.78 is 12.0.